The second kappa shape index (κ2) is 5.21. The molecule has 1 nitrogen and oxygen atoms in total. The van der Waals surface area contributed by atoms with Gasteiger partial charge in [-0.3, -0.25) is 0 Å². The molecule has 1 aromatic carbocycles. The lowest BCUT2D eigenvalue weighted by Gasteiger charge is -2.19. The Morgan fingerprint density at radius 1 is 1.33 bits per heavy atom. The van der Waals surface area contributed by atoms with Crippen LogP contribution in [-0.4, -0.2) is 5.11 Å². The molecule has 0 aliphatic rings. The van der Waals surface area contributed by atoms with Crippen molar-refractivity contribution < 1.29 is 13.9 Å². The molecule has 1 N–H and O–H groups in total. The summed E-state index contributed by atoms with van der Waals surface area (Å²) in [5.74, 6) is -1.13. The van der Waals surface area contributed by atoms with Crippen LogP contribution in [0.1, 0.15) is 38.4 Å². The largest absolute Gasteiger partial charge is 0.388 e. The van der Waals surface area contributed by atoms with E-state index in [1.807, 2.05) is 13.8 Å². The molecular weight excluding hydrogens is 198 g/mol. The van der Waals surface area contributed by atoms with Crippen molar-refractivity contribution in [2.75, 3.05) is 0 Å². The van der Waals surface area contributed by atoms with E-state index in [4.69, 9.17) is 0 Å². The van der Waals surface area contributed by atoms with Crippen molar-refractivity contribution in [1.29, 1.82) is 0 Å². The van der Waals surface area contributed by atoms with Crippen LogP contribution in [-0.2, 0) is 0 Å². The fourth-order valence-corrected chi connectivity index (χ4v) is 1.66. The maximum atomic E-state index is 13.3. The van der Waals surface area contributed by atoms with Gasteiger partial charge in [0.05, 0.1) is 6.10 Å². The predicted molar refractivity (Wildman–Crippen MR) is 55.4 cm³/mol. The number of hydrogen-bond acceptors (Lipinski definition) is 1. The summed E-state index contributed by atoms with van der Waals surface area (Å²) >= 11 is 0. The third kappa shape index (κ3) is 2.99. The lowest BCUT2D eigenvalue weighted by molar-refractivity contribution is 0.108. The van der Waals surface area contributed by atoms with E-state index >= 15 is 0 Å². The second-order valence-corrected chi connectivity index (χ2v) is 3.88. The standard InChI is InChI=1S/C12H16F2O/c1-3-4-8(2)12(15)10-7-9(13)5-6-11(10)14/h5-8,12,15H,3-4H2,1-2H3. The second-order valence-electron chi connectivity index (χ2n) is 3.88. The van der Waals surface area contributed by atoms with Crippen LogP contribution in [0.5, 0.6) is 0 Å². The molecule has 84 valence electrons. The van der Waals surface area contributed by atoms with Crippen molar-refractivity contribution in [3.05, 3.63) is 35.4 Å². The smallest absolute Gasteiger partial charge is 0.129 e. The lowest BCUT2D eigenvalue weighted by Crippen LogP contribution is -2.11. The van der Waals surface area contributed by atoms with Crippen molar-refractivity contribution in [3.8, 4) is 0 Å². The topological polar surface area (TPSA) is 20.2 Å². The third-order valence-corrected chi connectivity index (χ3v) is 2.56. The van der Waals surface area contributed by atoms with Gasteiger partial charge in [0.2, 0.25) is 0 Å². The van der Waals surface area contributed by atoms with E-state index in [-0.39, 0.29) is 11.5 Å². The van der Waals surface area contributed by atoms with Gasteiger partial charge in [-0.2, -0.15) is 0 Å². The summed E-state index contributed by atoms with van der Waals surface area (Å²) in [7, 11) is 0. The number of hydrogen-bond donors (Lipinski definition) is 1. The summed E-state index contributed by atoms with van der Waals surface area (Å²) in [5.41, 5.74) is 0.0518. The molecule has 0 saturated carbocycles. The first kappa shape index (κ1) is 12.1. The van der Waals surface area contributed by atoms with E-state index in [0.29, 0.717) is 0 Å². The first-order valence-electron chi connectivity index (χ1n) is 5.19. The molecule has 0 spiro atoms. The molecule has 1 rings (SSSR count). The van der Waals surface area contributed by atoms with Gasteiger partial charge in [0, 0.05) is 5.56 Å². The lowest BCUT2D eigenvalue weighted by atomic mass is 9.93. The molecule has 0 aliphatic carbocycles. The molecule has 0 saturated heterocycles. The first-order chi connectivity index (χ1) is 7.06. The summed E-state index contributed by atoms with van der Waals surface area (Å²) in [4.78, 5) is 0. The average Bonchev–Trinajstić information content (AvgIpc) is 2.21. The van der Waals surface area contributed by atoms with Crippen LogP contribution >= 0.6 is 0 Å². The maximum absolute atomic E-state index is 13.3. The fourth-order valence-electron chi connectivity index (χ4n) is 1.66. The van der Waals surface area contributed by atoms with E-state index < -0.39 is 17.7 Å². The molecule has 2 atom stereocenters. The van der Waals surface area contributed by atoms with Gasteiger partial charge in [-0.25, -0.2) is 8.78 Å². The van der Waals surface area contributed by atoms with E-state index in [9.17, 15) is 13.9 Å². The van der Waals surface area contributed by atoms with Crippen LogP contribution in [0, 0.1) is 17.6 Å². The Morgan fingerprint density at radius 2 is 2.00 bits per heavy atom. The number of rotatable bonds is 4. The zero-order valence-electron chi connectivity index (χ0n) is 9.00. The van der Waals surface area contributed by atoms with Gasteiger partial charge < -0.3 is 5.11 Å². The highest BCUT2D eigenvalue weighted by Crippen LogP contribution is 2.27. The van der Waals surface area contributed by atoms with Gasteiger partial charge in [-0.1, -0.05) is 20.3 Å². The van der Waals surface area contributed by atoms with Crippen LogP contribution in [0.15, 0.2) is 18.2 Å². The average molecular weight is 214 g/mol. The Labute approximate surface area is 88.7 Å². The zero-order valence-corrected chi connectivity index (χ0v) is 9.00. The SMILES string of the molecule is CCCC(C)C(O)c1cc(F)ccc1F. The molecule has 1 aromatic rings. The van der Waals surface area contributed by atoms with Crippen molar-refractivity contribution >= 4 is 0 Å². The van der Waals surface area contributed by atoms with Gasteiger partial charge in [-0.05, 0) is 30.5 Å². The van der Waals surface area contributed by atoms with Gasteiger partial charge in [0.15, 0.2) is 0 Å². The summed E-state index contributed by atoms with van der Waals surface area (Å²) in [5, 5.41) is 9.82. The minimum atomic E-state index is -0.930. The minimum Gasteiger partial charge on any atom is -0.388 e. The summed E-state index contributed by atoms with van der Waals surface area (Å²) in [6.45, 7) is 3.82. The van der Waals surface area contributed by atoms with Gasteiger partial charge >= 0.3 is 0 Å². The highest BCUT2D eigenvalue weighted by Gasteiger charge is 2.19. The van der Waals surface area contributed by atoms with E-state index in [2.05, 4.69) is 0 Å². The molecule has 0 heterocycles. The Morgan fingerprint density at radius 3 is 2.60 bits per heavy atom. The fraction of sp³-hybridized carbons (Fsp3) is 0.500. The van der Waals surface area contributed by atoms with Crippen LogP contribution in [0.3, 0.4) is 0 Å². The first-order valence-corrected chi connectivity index (χ1v) is 5.19. The van der Waals surface area contributed by atoms with E-state index in [1.165, 1.54) is 0 Å². The molecular formula is C12H16F2O. The molecule has 0 radical (unpaired) electrons. The van der Waals surface area contributed by atoms with Crippen molar-refractivity contribution in [1.82, 2.24) is 0 Å². The Kier molecular flexibility index (Phi) is 4.21. The Balaban J connectivity index is 2.89. The van der Waals surface area contributed by atoms with Gasteiger partial charge in [-0.15, -0.1) is 0 Å². The third-order valence-electron chi connectivity index (χ3n) is 2.56. The number of aliphatic hydroxyl groups is 1. The van der Waals surface area contributed by atoms with E-state index in [0.717, 1.165) is 31.0 Å². The molecule has 0 amide bonds. The van der Waals surface area contributed by atoms with Crippen LogP contribution in [0.2, 0.25) is 0 Å². The van der Waals surface area contributed by atoms with Gasteiger partial charge in [0.1, 0.15) is 11.6 Å². The van der Waals surface area contributed by atoms with Crippen LogP contribution in [0.4, 0.5) is 8.78 Å². The Bertz CT molecular complexity index is 325. The molecule has 0 fully saturated rings. The Hall–Kier alpha value is -0.960. The van der Waals surface area contributed by atoms with E-state index in [1.54, 1.807) is 0 Å². The molecule has 3 heteroatoms. The molecule has 2 unspecified atom stereocenters. The minimum absolute atomic E-state index is 0.0518. The van der Waals surface area contributed by atoms with Crippen LogP contribution in [0.25, 0.3) is 0 Å². The normalized spacial score (nSPS) is 15.0. The van der Waals surface area contributed by atoms with Crippen molar-refractivity contribution in [2.24, 2.45) is 5.92 Å². The molecule has 0 bridgehead atoms. The zero-order chi connectivity index (χ0) is 11.4. The maximum Gasteiger partial charge on any atom is 0.129 e. The van der Waals surface area contributed by atoms with Gasteiger partial charge in [0.25, 0.3) is 0 Å². The monoisotopic (exact) mass is 214 g/mol. The van der Waals surface area contributed by atoms with Crippen molar-refractivity contribution in [2.45, 2.75) is 32.8 Å². The highest BCUT2D eigenvalue weighted by atomic mass is 19.1. The summed E-state index contributed by atoms with van der Waals surface area (Å²) in [6.07, 6.45) is 0.771. The highest BCUT2D eigenvalue weighted by molar-refractivity contribution is 5.21. The molecule has 0 aromatic heterocycles. The van der Waals surface area contributed by atoms with Crippen LogP contribution < -0.4 is 0 Å². The number of benzene rings is 1. The quantitative estimate of drug-likeness (QED) is 0.814. The predicted octanol–water partition coefficient (Wildman–Crippen LogP) is 3.43. The summed E-state index contributed by atoms with van der Waals surface area (Å²) in [6, 6.07) is 3.16. The number of halogens is 2. The summed E-state index contributed by atoms with van der Waals surface area (Å²) < 4.78 is 26.2. The molecule has 0 aliphatic heterocycles. The number of aliphatic hydroxyl groups excluding tert-OH is 1. The van der Waals surface area contributed by atoms with Crippen molar-refractivity contribution in [3.63, 3.8) is 0 Å². The molecule has 15 heavy (non-hydrogen) atoms.